The van der Waals surface area contributed by atoms with Crippen LogP contribution in [0.15, 0.2) is 42.6 Å². The van der Waals surface area contributed by atoms with Gasteiger partial charge in [0.15, 0.2) is 5.13 Å². The second-order valence-corrected chi connectivity index (χ2v) is 6.94. The first-order valence-corrected chi connectivity index (χ1v) is 8.41. The van der Waals surface area contributed by atoms with Gasteiger partial charge in [-0.3, -0.25) is 10.1 Å². The van der Waals surface area contributed by atoms with Gasteiger partial charge in [0.1, 0.15) is 5.69 Å². The number of aryl methyl sites for hydroxylation is 1. The first-order chi connectivity index (χ1) is 11.2. The van der Waals surface area contributed by atoms with Crippen molar-refractivity contribution in [2.45, 2.75) is 25.7 Å². The monoisotopic (exact) mass is 324 g/mol. The van der Waals surface area contributed by atoms with Crippen molar-refractivity contribution in [2.24, 2.45) is 0 Å². The topological polar surface area (TPSA) is 59.8 Å². The van der Waals surface area contributed by atoms with Gasteiger partial charge in [-0.25, -0.2) is 9.67 Å². The molecule has 3 aromatic rings. The molecule has 2 aromatic heterocycles. The molecule has 0 bridgehead atoms. The Morgan fingerprint density at radius 3 is 2.74 bits per heavy atom. The summed E-state index contributed by atoms with van der Waals surface area (Å²) >= 11 is 1.47. The average molecular weight is 324 g/mol. The molecule has 1 aromatic carbocycles. The van der Waals surface area contributed by atoms with E-state index in [0.717, 1.165) is 29.1 Å². The van der Waals surface area contributed by atoms with Crippen LogP contribution in [-0.2, 0) is 0 Å². The minimum Gasteiger partial charge on any atom is -0.296 e. The van der Waals surface area contributed by atoms with Crippen LogP contribution >= 0.6 is 11.3 Å². The highest BCUT2D eigenvalue weighted by Gasteiger charge is 2.29. The number of nitrogens with zero attached hydrogens (tertiary/aromatic N) is 3. The Morgan fingerprint density at radius 2 is 2.09 bits per heavy atom. The van der Waals surface area contributed by atoms with Gasteiger partial charge >= 0.3 is 0 Å². The van der Waals surface area contributed by atoms with Gasteiger partial charge in [-0.15, -0.1) is 11.3 Å². The second kappa shape index (κ2) is 5.62. The van der Waals surface area contributed by atoms with Gasteiger partial charge in [0.2, 0.25) is 0 Å². The number of para-hydroxylation sites is 1. The summed E-state index contributed by atoms with van der Waals surface area (Å²) in [4.78, 5) is 17.9. The van der Waals surface area contributed by atoms with Gasteiger partial charge in [-0.2, -0.15) is 5.10 Å². The van der Waals surface area contributed by atoms with Crippen LogP contribution in [0.2, 0.25) is 0 Å². The summed E-state index contributed by atoms with van der Waals surface area (Å²) in [5.74, 6) is 0.316. The van der Waals surface area contributed by atoms with Crippen LogP contribution in [0.25, 0.3) is 5.69 Å². The van der Waals surface area contributed by atoms with Gasteiger partial charge in [-0.1, -0.05) is 18.2 Å². The fourth-order valence-electron chi connectivity index (χ4n) is 2.48. The van der Waals surface area contributed by atoms with Gasteiger partial charge in [0.05, 0.1) is 11.4 Å². The molecule has 23 heavy (non-hydrogen) atoms. The normalized spacial score (nSPS) is 14.0. The van der Waals surface area contributed by atoms with Crippen molar-refractivity contribution in [3.05, 3.63) is 58.9 Å². The number of rotatable bonds is 4. The molecule has 1 fully saturated rings. The largest absolute Gasteiger partial charge is 0.296 e. The number of amides is 1. The van der Waals surface area contributed by atoms with E-state index in [1.165, 1.54) is 11.3 Å². The molecule has 0 atom stereocenters. The summed E-state index contributed by atoms with van der Waals surface area (Å²) in [6.45, 7) is 1.97. The average Bonchev–Trinajstić information content (AvgIpc) is 3.18. The Kier molecular flexibility index (Phi) is 3.46. The lowest BCUT2D eigenvalue weighted by Gasteiger charge is -2.06. The quantitative estimate of drug-likeness (QED) is 0.795. The Morgan fingerprint density at radius 1 is 1.30 bits per heavy atom. The molecule has 1 aliphatic carbocycles. The van der Waals surface area contributed by atoms with Crippen LogP contribution in [0.4, 0.5) is 5.13 Å². The lowest BCUT2D eigenvalue weighted by atomic mass is 10.2. The van der Waals surface area contributed by atoms with Crippen LogP contribution in [0.1, 0.15) is 39.8 Å². The summed E-state index contributed by atoms with van der Waals surface area (Å²) in [5, 5.41) is 8.13. The molecule has 0 radical (unpaired) electrons. The fourth-order valence-corrected chi connectivity index (χ4v) is 3.14. The van der Waals surface area contributed by atoms with Gasteiger partial charge in [0, 0.05) is 17.0 Å². The van der Waals surface area contributed by atoms with E-state index in [1.54, 1.807) is 10.9 Å². The van der Waals surface area contributed by atoms with Crippen molar-refractivity contribution in [3.63, 3.8) is 0 Å². The zero-order valence-corrected chi connectivity index (χ0v) is 13.5. The maximum absolute atomic E-state index is 12.7. The Balaban J connectivity index is 1.70. The Labute approximate surface area is 138 Å². The van der Waals surface area contributed by atoms with E-state index < -0.39 is 0 Å². The molecule has 4 rings (SSSR count). The second-order valence-electron chi connectivity index (χ2n) is 5.71. The number of anilines is 1. The molecule has 2 heterocycles. The first kappa shape index (κ1) is 14.1. The van der Waals surface area contributed by atoms with Crippen molar-refractivity contribution in [1.29, 1.82) is 0 Å². The number of nitrogens with one attached hydrogen (secondary N) is 1. The van der Waals surface area contributed by atoms with E-state index in [4.69, 9.17) is 0 Å². The van der Waals surface area contributed by atoms with E-state index >= 15 is 0 Å². The van der Waals surface area contributed by atoms with Crippen molar-refractivity contribution in [1.82, 2.24) is 14.8 Å². The maximum Gasteiger partial charge on any atom is 0.276 e. The minimum atomic E-state index is -0.178. The molecule has 0 unspecified atom stereocenters. The summed E-state index contributed by atoms with van der Waals surface area (Å²) < 4.78 is 1.73. The predicted molar refractivity (Wildman–Crippen MR) is 90.3 cm³/mol. The summed E-state index contributed by atoms with van der Waals surface area (Å²) in [7, 11) is 0. The summed E-state index contributed by atoms with van der Waals surface area (Å²) in [6, 6.07) is 11.6. The molecular weight excluding hydrogens is 308 g/mol. The molecule has 1 saturated carbocycles. The third-order valence-electron chi connectivity index (χ3n) is 3.80. The van der Waals surface area contributed by atoms with Gasteiger partial charge in [0.25, 0.3) is 5.91 Å². The van der Waals surface area contributed by atoms with Crippen LogP contribution in [-0.4, -0.2) is 20.7 Å². The molecular formula is C17H16N4OS. The first-order valence-electron chi connectivity index (χ1n) is 7.60. The van der Waals surface area contributed by atoms with Crippen molar-refractivity contribution in [3.8, 4) is 5.69 Å². The van der Waals surface area contributed by atoms with E-state index in [-0.39, 0.29) is 5.91 Å². The molecule has 0 spiro atoms. The molecule has 1 N–H and O–H groups in total. The molecule has 5 nitrogen and oxygen atoms in total. The molecule has 1 amide bonds. The lowest BCUT2D eigenvalue weighted by molar-refractivity contribution is 0.101. The van der Waals surface area contributed by atoms with E-state index in [1.807, 2.05) is 43.3 Å². The highest BCUT2D eigenvalue weighted by Crippen LogP contribution is 2.39. The van der Waals surface area contributed by atoms with Crippen molar-refractivity contribution < 1.29 is 4.79 Å². The van der Waals surface area contributed by atoms with Crippen LogP contribution in [0.3, 0.4) is 0 Å². The van der Waals surface area contributed by atoms with E-state index in [9.17, 15) is 4.79 Å². The molecule has 116 valence electrons. The number of hydrogen-bond acceptors (Lipinski definition) is 4. The lowest BCUT2D eigenvalue weighted by Crippen LogP contribution is -2.16. The minimum absolute atomic E-state index is 0.178. The van der Waals surface area contributed by atoms with Crippen LogP contribution in [0, 0.1) is 6.92 Å². The SMILES string of the molecule is Cc1cnc(NC(=O)c2cc(C3CC3)nn2-c2ccccc2)s1. The number of aromatic nitrogens is 3. The molecule has 0 saturated heterocycles. The Hall–Kier alpha value is -2.47. The number of carbonyl (C=O) groups is 1. The fraction of sp³-hybridized carbons (Fsp3) is 0.235. The molecule has 0 aliphatic heterocycles. The zero-order chi connectivity index (χ0) is 15.8. The van der Waals surface area contributed by atoms with E-state index in [2.05, 4.69) is 15.4 Å². The number of thiazole rings is 1. The summed E-state index contributed by atoms with van der Waals surface area (Å²) in [6.07, 6.45) is 4.06. The predicted octanol–water partition coefficient (Wildman–Crippen LogP) is 3.77. The standard InChI is InChI=1S/C17H16N4OS/c1-11-10-18-17(23-11)19-16(22)15-9-14(12-7-8-12)20-21(15)13-5-3-2-4-6-13/h2-6,9-10,12H,7-8H2,1H3,(H,18,19,22). The number of benzene rings is 1. The van der Waals surface area contributed by atoms with Gasteiger partial charge < -0.3 is 0 Å². The maximum atomic E-state index is 12.7. The molecule has 6 heteroatoms. The van der Waals surface area contributed by atoms with Crippen molar-refractivity contribution in [2.75, 3.05) is 5.32 Å². The van der Waals surface area contributed by atoms with Crippen LogP contribution in [0.5, 0.6) is 0 Å². The van der Waals surface area contributed by atoms with E-state index in [0.29, 0.717) is 16.7 Å². The third kappa shape index (κ3) is 2.90. The zero-order valence-electron chi connectivity index (χ0n) is 12.7. The van der Waals surface area contributed by atoms with Crippen LogP contribution < -0.4 is 5.32 Å². The number of hydrogen-bond donors (Lipinski definition) is 1. The third-order valence-corrected chi connectivity index (χ3v) is 4.63. The molecule has 1 aliphatic rings. The summed E-state index contributed by atoms with van der Waals surface area (Å²) in [5.41, 5.74) is 2.43. The Bertz CT molecular complexity index is 849. The number of carbonyl (C=O) groups excluding carboxylic acids is 1. The smallest absolute Gasteiger partial charge is 0.276 e. The van der Waals surface area contributed by atoms with Crippen molar-refractivity contribution >= 4 is 22.4 Å². The highest BCUT2D eigenvalue weighted by atomic mass is 32.1. The van der Waals surface area contributed by atoms with Gasteiger partial charge in [-0.05, 0) is 38.0 Å². The highest BCUT2D eigenvalue weighted by molar-refractivity contribution is 7.15.